The highest BCUT2D eigenvalue weighted by atomic mass is 19.1. The van der Waals surface area contributed by atoms with E-state index in [1.54, 1.807) is 30.3 Å². The van der Waals surface area contributed by atoms with Crippen LogP contribution >= 0.6 is 0 Å². The number of amides is 1. The number of non-ortho nitro benzene ring substituents is 1. The van der Waals surface area contributed by atoms with Gasteiger partial charge in [0.1, 0.15) is 5.82 Å². The molecule has 0 saturated carbocycles. The first-order valence-corrected chi connectivity index (χ1v) is 11.8. The molecule has 1 amide bonds. The Hall–Kier alpha value is -3.94. The van der Waals surface area contributed by atoms with Crippen molar-refractivity contribution < 1.29 is 14.1 Å². The van der Waals surface area contributed by atoms with E-state index in [1.807, 2.05) is 0 Å². The van der Waals surface area contributed by atoms with Crippen molar-refractivity contribution in [3.63, 3.8) is 0 Å². The summed E-state index contributed by atoms with van der Waals surface area (Å²) in [4.78, 5) is 28.9. The summed E-state index contributed by atoms with van der Waals surface area (Å²) in [5.74, 6) is -0.960. The third kappa shape index (κ3) is 4.56. The summed E-state index contributed by atoms with van der Waals surface area (Å²) >= 11 is 0. The molecule has 2 aliphatic rings. The summed E-state index contributed by atoms with van der Waals surface area (Å²) < 4.78 is 14.1. The Labute approximate surface area is 203 Å². The number of nitro benzene ring substituents is 1. The molecular formula is C27H27FN4O3. The predicted octanol–water partition coefficient (Wildman–Crippen LogP) is 4.23. The number of nitrogens with zero attached hydrogens (tertiary/aromatic N) is 3. The van der Waals surface area contributed by atoms with E-state index in [1.165, 1.54) is 17.7 Å². The minimum atomic E-state index is -0.426. The fourth-order valence-corrected chi connectivity index (χ4v) is 5.17. The molecule has 180 valence electrons. The molecule has 1 fully saturated rings. The first-order chi connectivity index (χ1) is 16.9. The average molecular weight is 475 g/mol. The number of nitro groups is 1. The van der Waals surface area contributed by atoms with Crippen molar-refractivity contribution in [2.75, 3.05) is 29.4 Å². The van der Waals surface area contributed by atoms with Gasteiger partial charge in [-0.3, -0.25) is 14.9 Å². The number of halogens is 1. The van der Waals surface area contributed by atoms with Gasteiger partial charge in [-0.25, -0.2) is 4.39 Å². The van der Waals surface area contributed by atoms with Crippen molar-refractivity contribution in [3.05, 3.63) is 99.4 Å². The molecule has 0 radical (unpaired) electrons. The lowest BCUT2D eigenvalue weighted by atomic mass is 9.83. The van der Waals surface area contributed by atoms with Crippen LogP contribution in [-0.4, -0.2) is 36.5 Å². The molecule has 3 aromatic rings. The standard InChI is InChI=1S/C27H27FN4O3/c1-18-6-8-21(9-7-18)30-12-13-31-25-11-10-22(32(34)35)14-20(25)15-23(26(31)17-30)27(33)29-16-19-4-2-3-5-24(19)28/h2-11,14,23,26H,12-13,15-17H2,1H3,(H,29,33). The van der Waals surface area contributed by atoms with Gasteiger partial charge < -0.3 is 15.1 Å². The SMILES string of the molecule is Cc1ccc(N2CCN3c4ccc([N+](=O)[O-])cc4CC(C(=O)NCc4ccccc4F)C3C2)cc1. The minimum Gasteiger partial charge on any atom is -0.368 e. The molecule has 5 rings (SSSR count). The highest BCUT2D eigenvalue weighted by Crippen LogP contribution is 2.38. The second-order valence-corrected chi connectivity index (χ2v) is 9.23. The molecule has 2 heterocycles. The summed E-state index contributed by atoms with van der Waals surface area (Å²) in [5.41, 5.74) is 4.48. The van der Waals surface area contributed by atoms with Crippen molar-refractivity contribution >= 4 is 23.0 Å². The normalized spacial score (nSPS) is 19.0. The number of hydrogen-bond donors (Lipinski definition) is 1. The van der Waals surface area contributed by atoms with Gasteiger partial charge in [-0.05, 0) is 43.2 Å². The summed E-state index contributed by atoms with van der Waals surface area (Å²) in [7, 11) is 0. The molecule has 7 nitrogen and oxygen atoms in total. The average Bonchev–Trinajstić information content (AvgIpc) is 2.87. The molecule has 0 aromatic heterocycles. The third-order valence-electron chi connectivity index (χ3n) is 7.05. The molecule has 0 bridgehead atoms. The van der Waals surface area contributed by atoms with E-state index >= 15 is 0 Å². The van der Waals surface area contributed by atoms with Crippen LogP contribution in [0.1, 0.15) is 16.7 Å². The third-order valence-corrected chi connectivity index (χ3v) is 7.05. The summed E-state index contributed by atoms with van der Waals surface area (Å²) in [6.45, 7) is 4.27. The number of anilines is 2. The summed E-state index contributed by atoms with van der Waals surface area (Å²) in [5, 5.41) is 14.3. The second kappa shape index (κ2) is 9.37. The molecule has 3 aromatic carbocycles. The molecule has 2 atom stereocenters. The maximum atomic E-state index is 14.1. The lowest BCUT2D eigenvalue weighted by Crippen LogP contribution is -2.61. The number of rotatable bonds is 5. The zero-order valence-corrected chi connectivity index (χ0v) is 19.5. The van der Waals surface area contributed by atoms with Gasteiger partial charge in [-0.2, -0.15) is 0 Å². The van der Waals surface area contributed by atoms with Crippen LogP contribution in [0.5, 0.6) is 0 Å². The van der Waals surface area contributed by atoms with Crippen LogP contribution in [0.4, 0.5) is 21.5 Å². The Kier molecular flexibility index (Phi) is 6.11. The van der Waals surface area contributed by atoms with E-state index in [-0.39, 0.29) is 30.0 Å². The molecule has 8 heteroatoms. The molecule has 35 heavy (non-hydrogen) atoms. The van der Waals surface area contributed by atoms with Crippen molar-refractivity contribution in [1.82, 2.24) is 5.32 Å². The topological polar surface area (TPSA) is 78.7 Å². The van der Waals surface area contributed by atoms with E-state index < -0.39 is 10.8 Å². The zero-order chi connectivity index (χ0) is 24.5. The predicted molar refractivity (Wildman–Crippen MR) is 133 cm³/mol. The van der Waals surface area contributed by atoms with Gasteiger partial charge in [0.25, 0.3) is 5.69 Å². The Morgan fingerprint density at radius 2 is 1.89 bits per heavy atom. The number of carbonyl (C=O) groups is 1. The van der Waals surface area contributed by atoms with Crippen LogP contribution < -0.4 is 15.1 Å². The van der Waals surface area contributed by atoms with Gasteiger partial charge in [0.15, 0.2) is 0 Å². The van der Waals surface area contributed by atoms with E-state index in [0.717, 1.165) is 23.5 Å². The van der Waals surface area contributed by atoms with Gasteiger partial charge in [0.05, 0.1) is 16.9 Å². The van der Waals surface area contributed by atoms with Gasteiger partial charge in [-0.1, -0.05) is 35.9 Å². The van der Waals surface area contributed by atoms with Crippen LogP contribution in [-0.2, 0) is 17.8 Å². The molecule has 2 unspecified atom stereocenters. The van der Waals surface area contributed by atoms with Gasteiger partial charge in [-0.15, -0.1) is 0 Å². The Morgan fingerprint density at radius 3 is 2.63 bits per heavy atom. The Morgan fingerprint density at radius 1 is 1.11 bits per heavy atom. The van der Waals surface area contributed by atoms with Crippen molar-refractivity contribution in [2.24, 2.45) is 5.92 Å². The monoisotopic (exact) mass is 474 g/mol. The smallest absolute Gasteiger partial charge is 0.269 e. The lowest BCUT2D eigenvalue weighted by molar-refractivity contribution is -0.384. The van der Waals surface area contributed by atoms with Crippen LogP contribution in [0.25, 0.3) is 0 Å². The Balaban J connectivity index is 1.43. The van der Waals surface area contributed by atoms with Gasteiger partial charge in [0.2, 0.25) is 5.91 Å². The number of nitrogens with one attached hydrogen (secondary N) is 1. The number of benzene rings is 3. The van der Waals surface area contributed by atoms with Crippen molar-refractivity contribution in [3.8, 4) is 0 Å². The number of fused-ring (bicyclic) bond motifs is 3. The molecule has 1 saturated heterocycles. The van der Waals surface area contributed by atoms with Crippen LogP contribution in [0.3, 0.4) is 0 Å². The fourth-order valence-electron chi connectivity index (χ4n) is 5.17. The number of hydrogen-bond acceptors (Lipinski definition) is 5. The Bertz CT molecular complexity index is 1260. The molecule has 0 spiro atoms. The first kappa shape index (κ1) is 22.8. The van der Waals surface area contributed by atoms with E-state index in [9.17, 15) is 19.3 Å². The van der Waals surface area contributed by atoms with Gasteiger partial charge >= 0.3 is 0 Å². The van der Waals surface area contributed by atoms with Crippen LogP contribution in [0.15, 0.2) is 66.7 Å². The minimum absolute atomic E-state index is 0.0195. The number of carbonyl (C=O) groups excluding carboxylic acids is 1. The van der Waals surface area contributed by atoms with E-state index in [0.29, 0.717) is 25.1 Å². The molecular weight excluding hydrogens is 447 g/mol. The highest BCUT2D eigenvalue weighted by molar-refractivity contribution is 5.82. The fraction of sp³-hybridized carbons (Fsp3) is 0.296. The van der Waals surface area contributed by atoms with Crippen LogP contribution in [0, 0.1) is 28.8 Å². The van der Waals surface area contributed by atoms with E-state index in [2.05, 4.69) is 46.3 Å². The lowest BCUT2D eigenvalue weighted by Gasteiger charge is -2.49. The van der Waals surface area contributed by atoms with E-state index in [4.69, 9.17) is 0 Å². The second-order valence-electron chi connectivity index (χ2n) is 9.23. The largest absolute Gasteiger partial charge is 0.368 e. The maximum Gasteiger partial charge on any atom is 0.269 e. The maximum absolute atomic E-state index is 14.1. The van der Waals surface area contributed by atoms with Crippen molar-refractivity contribution in [1.29, 1.82) is 0 Å². The quantitative estimate of drug-likeness (QED) is 0.442. The van der Waals surface area contributed by atoms with Crippen molar-refractivity contribution in [2.45, 2.75) is 25.9 Å². The number of piperazine rings is 1. The first-order valence-electron chi connectivity index (χ1n) is 11.8. The zero-order valence-electron chi connectivity index (χ0n) is 19.5. The molecule has 2 aliphatic heterocycles. The molecule has 1 N–H and O–H groups in total. The summed E-state index contributed by atoms with van der Waals surface area (Å²) in [6.07, 6.45) is 0.392. The molecule has 0 aliphatic carbocycles. The number of aryl methyl sites for hydroxylation is 1. The highest BCUT2D eigenvalue weighted by Gasteiger charge is 2.42. The summed E-state index contributed by atoms with van der Waals surface area (Å²) in [6, 6.07) is 19.5. The van der Waals surface area contributed by atoms with Gasteiger partial charge in [0, 0.05) is 55.2 Å². The van der Waals surface area contributed by atoms with Crippen LogP contribution in [0.2, 0.25) is 0 Å².